The van der Waals surface area contributed by atoms with Gasteiger partial charge in [0.25, 0.3) is 0 Å². The van der Waals surface area contributed by atoms with Gasteiger partial charge < -0.3 is 25.2 Å². The zero-order valence-corrected chi connectivity index (χ0v) is 17.7. The quantitative estimate of drug-likeness (QED) is 0.217. The molecule has 6 heteroatoms. The molecule has 1 atom stereocenters. The predicted molar refractivity (Wildman–Crippen MR) is 120 cm³/mol. The van der Waals surface area contributed by atoms with E-state index in [-0.39, 0.29) is 45.4 Å². The van der Waals surface area contributed by atoms with E-state index >= 15 is 0 Å². The lowest BCUT2D eigenvalue weighted by atomic mass is 9.92. The first kappa shape index (κ1) is 22.0. The monoisotopic (exact) mass is 422 g/mol. The van der Waals surface area contributed by atoms with Crippen molar-refractivity contribution in [2.45, 2.75) is 39.2 Å². The van der Waals surface area contributed by atoms with Crippen LogP contribution in [0.5, 0.6) is 28.7 Å². The second-order valence-electron chi connectivity index (χ2n) is 8.04. The maximum atomic E-state index is 12.6. The number of carbonyl (C=O) groups is 1. The topological polar surface area (TPSA) is 107 Å². The Balaban J connectivity index is 1.88. The highest BCUT2D eigenvalue weighted by Gasteiger charge is 2.31. The van der Waals surface area contributed by atoms with Gasteiger partial charge in [-0.3, -0.25) is 4.79 Å². The van der Waals surface area contributed by atoms with Gasteiger partial charge in [0.1, 0.15) is 22.8 Å². The molecule has 0 fully saturated rings. The van der Waals surface area contributed by atoms with Gasteiger partial charge in [0, 0.05) is 5.56 Å². The average Bonchev–Trinajstić information content (AvgIpc) is 2.70. The highest BCUT2D eigenvalue weighted by molar-refractivity contribution is 6.10. The molecule has 3 rings (SSSR count). The zero-order chi connectivity index (χ0) is 22.8. The predicted octanol–water partition coefficient (Wildman–Crippen LogP) is 5.32. The van der Waals surface area contributed by atoms with E-state index in [1.165, 1.54) is 35.9 Å². The molecule has 1 aliphatic rings. The maximum absolute atomic E-state index is 12.6. The zero-order valence-electron chi connectivity index (χ0n) is 17.7. The first-order valence-electron chi connectivity index (χ1n) is 9.94. The second kappa shape index (κ2) is 8.60. The SMILES string of the molecule is CC(C)=CCC[C@]1(C)C=Cc2c(O)c(C(=O)/C=C/c3cc(O)ccc3O)cc(O)c2O1. The largest absolute Gasteiger partial charge is 0.508 e. The molecule has 0 amide bonds. The van der Waals surface area contributed by atoms with Crippen LogP contribution in [0.4, 0.5) is 0 Å². The van der Waals surface area contributed by atoms with E-state index in [2.05, 4.69) is 6.08 Å². The van der Waals surface area contributed by atoms with Crippen molar-refractivity contribution in [2.24, 2.45) is 0 Å². The summed E-state index contributed by atoms with van der Waals surface area (Å²) in [5.74, 6) is -1.17. The molecular weight excluding hydrogens is 396 g/mol. The van der Waals surface area contributed by atoms with E-state index in [9.17, 15) is 25.2 Å². The van der Waals surface area contributed by atoms with Gasteiger partial charge >= 0.3 is 0 Å². The Labute approximate surface area is 181 Å². The Bertz CT molecular complexity index is 1110. The van der Waals surface area contributed by atoms with Crippen LogP contribution in [-0.4, -0.2) is 31.8 Å². The summed E-state index contributed by atoms with van der Waals surface area (Å²) in [4.78, 5) is 12.6. The lowest BCUT2D eigenvalue weighted by Gasteiger charge is -2.32. The van der Waals surface area contributed by atoms with Crippen molar-refractivity contribution in [3.63, 3.8) is 0 Å². The van der Waals surface area contributed by atoms with Crippen LogP contribution in [0.3, 0.4) is 0 Å². The smallest absolute Gasteiger partial charge is 0.189 e. The van der Waals surface area contributed by atoms with Crippen molar-refractivity contribution in [1.82, 2.24) is 0 Å². The molecule has 162 valence electrons. The molecule has 1 aliphatic heterocycles. The summed E-state index contributed by atoms with van der Waals surface area (Å²) in [5.41, 5.74) is 0.927. The minimum Gasteiger partial charge on any atom is -0.508 e. The summed E-state index contributed by atoms with van der Waals surface area (Å²) in [6.45, 7) is 5.94. The number of hydrogen-bond donors (Lipinski definition) is 4. The molecule has 0 unspecified atom stereocenters. The van der Waals surface area contributed by atoms with E-state index in [0.717, 1.165) is 12.5 Å². The van der Waals surface area contributed by atoms with Crippen molar-refractivity contribution in [1.29, 1.82) is 0 Å². The molecular formula is C25H26O6. The summed E-state index contributed by atoms with van der Waals surface area (Å²) >= 11 is 0. The molecule has 0 saturated heterocycles. The molecule has 0 aliphatic carbocycles. The average molecular weight is 422 g/mol. The van der Waals surface area contributed by atoms with E-state index in [1.807, 2.05) is 26.8 Å². The Kier molecular flexibility index (Phi) is 6.11. The number of hydrogen-bond acceptors (Lipinski definition) is 6. The summed E-state index contributed by atoms with van der Waals surface area (Å²) in [5, 5.41) is 40.5. The van der Waals surface area contributed by atoms with Gasteiger partial charge in [-0.1, -0.05) is 11.6 Å². The van der Waals surface area contributed by atoms with Gasteiger partial charge in [-0.2, -0.15) is 0 Å². The number of phenols is 4. The number of rotatable bonds is 6. The van der Waals surface area contributed by atoms with E-state index in [1.54, 1.807) is 6.08 Å². The number of phenolic OH excluding ortho intramolecular Hbond substituents is 4. The molecule has 0 radical (unpaired) electrons. The molecule has 31 heavy (non-hydrogen) atoms. The Morgan fingerprint density at radius 1 is 1.10 bits per heavy atom. The lowest BCUT2D eigenvalue weighted by molar-refractivity contribution is 0.104. The van der Waals surface area contributed by atoms with E-state index < -0.39 is 11.4 Å². The molecule has 2 aromatic rings. The third-order valence-corrected chi connectivity index (χ3v) is 5.09. The van der Waals surface area contributed by atoms with E-state index in [0.29, 0.717) is 6.42 Å². The van der Waals surface area contributed by atoms with Gasteiger partial charge in [-0.15, -0.1) is 0 Å². The maximum Gasteiger partial charge on any atom is 0.189 e. The summed E-state index contributed by atoms with van der Waals surface area (Å²) in [7, 11) is 0. The van der Waals surface area contributed by atoms with Gasteiger partial charge in [-0.05, 0) is 82.2 Å². The molecule has 1 heterocycles. The second-order valence-corrected chi connectivity index (χ2v) is 8.04. The fourth-order valence-corrected chi connectivity index (χ4v) is 3.35. The molecule has 0 aromatic heterocycles. The van der Waals surface area contributed by atoms with Crippen LogP contribution in [0.25, 0.3) is 12.2 Å². The van der Waals surface area contributed by atoms with Crippen molar-refractivity contribution in [2.75, 3.05) is 0 Å². The first-order valence-corrected chi connectivity index (χ1v) is 9.94. The number of ether oxygens (including phenoxy) is 1. The third-order valence-electron chi connectivity index (χ3n) is 5.09. The fraction of sp³-hybridized carbons (Fsp3) is 0.240. The number of carbonyl (C=O) groups excluding carboxylic acids is 1. The summed E-state index contributed by atoms with van der Waals surface area (Å²) in [6.07, 6.45) is 9.51. The third kappa shape index (κ3) is 4.91. The van der Waals surface area contributed by atoms with Gasteiger partial charge in [-0.25, -0.2) is 0 Å². The molecule has 6 nitrogen and oxygen atoms in total. The van der Waals surface area contributed by atoms with Gasteiger partial charge in [0.05, 0.1) is 11.1 Å². The number of benzene rings is 2. The van der Waals surface area contributed by atoms with Crippen molar-refractivity contribution < 1.29 is 30.0 Å². The number of aromatic hydroxyl groups is 4. The number of ketones is 1. The van der Waals surface area contributed by atoms with Crippen LogP contribution in [0.1, 0.15) is 55.1 Å². The lowest BCUT2D eigenvalue weighted by Crippen LogP contribution is -2.31. The minimum absolute atomic E-state index is 0.0610. The Morgan fingerprint density at radius 2 is 1.84 bits per heavy atom. The normalized spacial score (nSPS) is 17.3. The Morgan fingerprint density at radius 3 is 2.55 bits per heavy atom. The highest BCUT2D eigenvalue weighted by Crippen LogP contribution is 2.45. The van der Waals surface area contributed by atoms with Crippen LogP contribution in [0.2, 0.25) is 0 Å². The summed E-state index contributed by atoms with van der Waals surface area (Å²) < 4.78 is 5.99. The fourth-order valence-electron chi connectivity index (χ4n) is 3.35. The van der Waals surface area contributed by atoms with Crippen LogP contribution >= 0.6 is 0 Å². The highest BCUT2D eigenvalue weighted by atomic mass is 16.5. The molecule has 0 bridgehead atoms. The van der Waals surface area contributed by atoms with Gasteiger partial charge in [0.15, 0.2) is 17.3 Å². The molecule has 0 saturated carbocycles. The van der Waals surface area contributed by atoms with Crippen molar-refractivity contribution in [3.05, 3.63) is 64.8 Å². The minimum atomic E-state index is -0.652. The van der Waals surface area contributed by atoms with Crippen LogP contribution in [0, 0.1) is 0 Å². The standard InChI is InChI=1S/C25H26O6/c1-15(2)5-4-11-25(3)12-10-18-23(30)19(14-22(29)24(18)31-25)21(28)8-6-16-13-17(26)7-9-20(16)27/h5-10,12-14,26-27,29-30H,4,11H2,1-3H3/b8-6+/t25-/m1/s1. The first-order chi connectivity index (χ1) is 14.6. The van der Waals surface area contributed by atoms with Crippen LogP contribution < -0.4 is 4.74 Å². The summed E-state index contributed by atoms with van der Waals surface area (Å²) in [6, 6.07) is 5.09. The number of fused-ring (bicyclic) bond motifs is 1. The Hall–Kier alpha value is -3.67. The van der Waals surface area contributed by atoms with Gasteiger partial charge in [0.2, 0.25) is 0 Å². The van der Waals surface area contributed by atoms with Crippen LogP contribution in [-0.2, 0) is 0 Å². The molecule has 0 spiro atoms. The van der Waals surface area contributed by atoms with Crippen molar-refractivity contribution in [3.8, 4) is 28.7 Å². The van der Waals surface area contributed by atoms with Crippen molar-refractivity contribution >= 4 is 17.9 Å². The molecule has 2 aromatic carbocycles. The van der Waals surface area contributed by atoms with Crippen LogP contribution in [0.15, 0.2) is 48.1 Å². The number of allylic oxidation sites excluding steroid dienone is 3. The molecule has 4 N–H and O–H groups in total. The van der Waals surface area contributed by atoms with E-state index in [4.69, 9.17) is 4.74 Å².